The van der Waals surface area contributed by atoms with Crippen molar-refractivity contribution in [1.82, 2.24) is 18.7 Å². The average molecular weight is 536 g/mol. The number of sulfonamides is 1. The molecule has 1 saturated heterocycles. The largest absolute Gasteiger partial charge is 0.379 e. The number of nitrogens with one attached hydrogen (secondary N) is 1. The molecule has 5 rings (SSSR count). The number of pyridine rings is 1. The number of carbonyl (C=O) groups excluding carboxylic acids is 1. The van der Waals surface area contributed by atoms with Crippen molar-refractivity contribution in [2.45, 2.75) is 31.7 Å². The van der Waals surface area contributed by atoms with E-state index in [1.54, 1.807) is 27.4 Å². The minimum absolute atomic E-state index is 0.0465. The summed E-state index contributed by atoms with van der Waals surface area (Å²) >= 11 is 0. The number of nitrogens with zero attached hydrogens (tertiary/aromatic N) is 4. The molecule has 1 fully saturated rings. The molecular formula is C27H29N5O5S. The molecule has 198 valence electrons. The van der Waals surface area contributed by atoms with Gasteiger partial charge < -0.3 is 10.1 Å². The molecule has 1 N–H and O–H groups in total. The Labute approximate surface area is 220 Å². The molecule has 0 aliphatic carbocycles. The zero-order valence-electron chi connectivity index (χ0n) is 21.3. The Morgan fingerprint density at radius 3 is 2.39 bits per heavy atom. The SMILES string of the molecule is Cc1cc(=O)n(CCC(=O)Nc2ccc(S(=O)(=O)N3CCOCC3)cc2)c2c1c(C)nn2-c1ccccc1. The van der Waals surface area contributed by atoms with Crippen molar-refractivity contribution < 1.29 is 17.9 Å². The molecule has 4 aromatic rings. The second-order valence-corrected chi connectivity index (χ2v) is 11.1. The smallest absolute Gasteiger partial charge is 0.252 e. The molecular weight excluding hydrogens is 506 g/mol. The lowest BCUT2D eigenvalue weighted by molar-refractivity contribution is -0.116. The first kappa shape index (κ1) is 25.8. The average Bonchev–Trinajstić information content (AvgIpc) is 3.27. The first-order chi connectivity index (χ1) is 18.3. The van der Waals surface area contributed by atoms with Gasteiger partial charge in [-0.3, -0.25) is 14.2 Å². The van der Waals surface area contributed by atoms with Gasteiger partial charge in [-0.2, -0.15) is 9.40 Å². The van der Waals surface area contributed by atoms with Gasteiger partial charge in [-0.1, -0.05) is 18.2 Å². The lowest BCUT2D eigenvalue weighted by atomic mass is 10.1. The quantitative estimate of drug-likeness (QED) is 0.389. The lowest BCUT2D eigenvalue weighted by Crippen LogP contribution is -2.40. The van der Waals surface area contributed by atoms with Gasteiger partial charge >= 0.3 is 0 Å². The molecule has 2 aromatic carbocycles. The highest BCUT2D eigenvalue weighted by atomic mass is 32.2. The van der Waals surface area contributed by atoms with Crippen LogP contribution < -0.4 is 10.9 Å². The minimum Gasteiger partial charge on any atom is -0.379 e. The highest BCUT2D eigenvalue weighted by Gasteiger charge is 2.26. The van der Waals surface area contributed by atoms with E-state index in [4.69, 9.17) is 4.74 Å². The Morgan fingerprint density at radius 1 is 1.03 bits per heavy atom. The van der Waals surface area contributed by atoms with Crippen molar-refractivity contribution in [1.29, 1.82) is 0 Å². The number of rotatable bonds is 7. The van der Waals surface area contributed by atoms with E-state index in [-0.39, 0.29) is 29.3 Å². The van der Waals surface area contributed by atoms with Crippen molar-refractivity contribution >= 4 is 32.7 Å². The number of carbonyl (C=O) groups is 1. The molecule has 0 saturated carbocycles. The number of fused-ring (bicyclic) bond motifs is 1. The highest BCUT2D eigenvalue weighted by Crippen LogP contribution is 2.24. The summed E-state index contributed by atoms with van der Waals surface area (Å²) in [5.41, 5.74) is 3.36. The Morgan fingerprint density at radius 2 is 1.71 bits per heavy atom. The molecule has 0 unspecified atom stereocenters. The maximum absolute atomic E-state index is 13.0. The van der Waals surface area contributed by atoms with Gasteiger partial charge in [0.15, 0.2) is 0 Å². The van der Waals surface area contributed by atoms with Crippen molar-refractivity contribution in [3.63, 3.8) is 0 Å². The van der Waals surface area contributed by atoms with Crippen LogP contribution in [-0.2, 0) is 26.1 Å². The predicted molar refractivity (Wildman–Crippen MR) is 144 cm³/mol. The van der Waals surface area contributed by atoms with E-state index >= 15 is 0 Å². The minimum atomic E-state index is -3.61. The topological polar surface area (TPSA) is 116 Å². The number of amides is 1. The van der Waals surface area contributed by atoms with E-state index in [1.807, 2.05) is 44.2 Å². The fourth-order valence-electron chi connectivity index (χ4n) is 4.71. The number of benzene rings is 2. The Hall–Kier alpha value is -3.80. The molecule has 0 atom stereocenters. The van der Waals surface area contributed by atoms with E-state index < -0.39 is 10.0 Å². The highest BCUT2D eigenvalue weighted by molar-refractivity contribution is 7.89. The summed E-state index contributed by atoms with van der Waals surface area (Å²) in [5.74, 6) is -0.295. The first-order valence-corrected chi connectivity index (χ1v) is 13.8. The third kappa shape index (κ3) is 5.00. The summed E-state index contributed by atoms with van der Waals surface area (Å²) in [6.07, 6.45) is 0.0465. The van der Waals surface area contributed by atoms with Crippen LogP contribution in [-0.4, -0.2) is 59.3 Å². The van der Waals surface area contributed by atoms with E-state index in [1.165, 1.54) is 16.4 Å². The standard InChI is InChI=1S/C27H29N5O5S/c1-19-18-25(34)31(27-26(19)20(2)29-32(27)22-6-4-3-5-7-22)13-12-24(33)28-21-8-10-23(11-9-21)38(35,36)30-14-16-37-17-15-30/h3-11,18H,12-17H2,1-2H3,(H,28,33). The molecule has 0 spiro atoms. The van der Waals surface area contributed by atoms with Crippen molar-refractivity contribution in [3.8, 4) is 5.69 Å². The molecule has 38 heavy (non-hydrogen) atoms. The van der Waals surface area contributed by atoms with E-state index in [0.29, 0.717) is 37.6 Å². The number of aromatic nitrogens is 3. The third-order valence-electron chi connectivity index (χ3n) is 6.60. The van der Waals surface area contributed by atoms with Crippen LogP contribution in [0.2, 0.25) is 0 Å². The van der Waals surface area contributed by atoms with Crippen LogP contribution in [0.15, 0.2) is 70.4 Å². The van der Waals surface area contributed by atoms with Crippen LogP contribution in [0.1, 0.15) is 17.7 Å². The molecule has 1 amide bonds. The van der Waals surface area contributed by atoms with Gasteiger partial charge in [-0.05, 0) is 55.8 Å². The Kier molecular flexibility index (Phi) is 7.15. The Bertz CT molecular complexity index is 1640. The maximum atomic E-state index is 13.0. The number of aryl methyl sites for hydroxylation is 3. The van der Waals surface area contributed by atoms with Crippen LogP contribution in [0.4, 0.5) is 5.69 Å². The van der Waals surface area contributed by atoms with Crippen LogP contribution in [0.3, 0.4) is 0 Å². The second kappa shape index (κ2) is 10.5. The van der Waals surface area contributed by atoms with E-state index in [2.05, 4.69) is 10.4 Å². The van der Waals surface area contributed by atoms with Gasteiger partial charge in [0.1, 0.15) is 5.65 Å². The number of morpholine rings is 1. The monoisotopic (exact) mass is 535 g/mol. The summed E-state index contributed by atoms with van der Waals surface area (Å²) < 4.78 is 35.6. The number of anilines is 1. The van der Waals surface area contributed by atoms with Crippen LogP contribution in [0.25, 0.3) is 16.7 Å². The number of ether oxygens (including phenoxy) is 1. The fourth-order valence-corrected chi connectivity index (χ4v) is 6.12. The lowest BCUT2D eigenvalue weighted by Gasteiger charge is -2.26. The van der Waals surface area contributed by atoms with Gasteiger partial charge in [0.05, 0.1) is 29.5 Å². The summed E-state index contributed by atoms with van der Waals surface area (Å²) in [7, 11) is -3.61. The van der Waals surface area contributed by atoms with E-state index in [0.717, 1.165) is 22.3 Å². The van der Waals surface area contributed by atoms with Crippen LogP contribution in [0, 0.1) is 13.8 Å². The number of hydrogen-bond donors (Lipinski definition) is 1. The van der Waals surface area contributed by atoms with Crippen LogP contribution in [0.5, 0.6) is 0 Å². The van der Waals surface area contributed by atoms with Gasteiger partial charge in [-0.25, -0.2) is 13.1 Å². The molecule has 11 heteroatoms. The number of hydrogen-bond acceptors (Lipinski definition) is 6. The van der Waals surface area contributed by atoms with Crippen LogP contribution >= 0.6 is 0 Å². The molecule has 1 aliphatic heterocycles. The van der Waals surface area contributed by atoms with Gasteiger partial charge in [0.25, 0.3) is 5.56 Å². The third-order valence-corrected chi connectivity index (χ3v) is 8.51. The molecule has 0 radical (unpaired) electrons. The summed E-state index contributed by atoms with van der Waals surface area (Å²) in [4.78, 5) is 26.0. The molecule has 0 bridgehead atoms. The van der Waals surface area contributed by atoms with Crippen molar-refractivity contribution in [2.75, 3.05) is 31.6 Å². The predicted octanol–water partition coefficient (Wildman–Crippen LogP) is 2.85. The molecule has 3 heterocycles. The summed E-state index contributed by atoms with van der Waals surface area (Å²) in [5, 5.41) is 8.35. The van der Waals surface area contributed by atoms with E-state index in [9.17, 15) is 18.0 Å². The van der Waals surface area contributed by atoms with Crippen molar-refractivity contribution in [3.05, 3.63) is 82.3 Å². The zero-order chi connectivity index (χ0) is 26.9. The van der Waals surface area contributed by atoms with Gasteiger partial charge in [0.2, 0.25) is 15.9 Å². The summed E-state index contributed by atoms with van der Waals surface area (Å²) in [6.45, 7) is 5.31. The second-order valence-electron chi connectivity index (χ2n) is 9.19. The Balaban J connectivity index is 1.34. The summed E-state index contributed by atoms with van der Waals surface area (Å²) in [6, 6.07) is 17.2. The fraction of sp³-hybridized carbons (Fsp3) is 0.296. The normalized spacial score (nSPS) is 14.6. The molecule has 1 aliphatic rings. The molecule has 2 aromatic heterocycles. The van der Waals surface area contributed by atoms with Crippen molar-refractivity contribution in [2.24, 2.45) is 0 Å². The maximum Gasteiger partial charge on any atom is 0.252 e. The molecule has 10 nitrogen and oxygen atoms in total. The number of para-hydroxylation sites is 1. The van der Waals surface area contributed by atoms with Gasteiger partial charge in [0, 0.05) is 43.2 Å². The first-order valence-electron chi connectivity index (χ1n) is 12.4. The van der Waals surface area contributed by atoms with Gasteiger partial charge in [-0.15, -0.1) is 0 Å². The zero-order valence-corrected chi connectivity index (χ0v) is 22.1.